The number of fused-ring (bicyclic) bond motifs is 3. The van der Waals surface area contributed by atoms with Crippen LogP contribution in [0.25, 0.3) is 0 Å². The van der Waals surface area contributed by atoms with Crippen molar-refractivity contribution in [3.8, 4) is 28.7 Å². The van der Waals surface area contributed by atoms with Crippen LogP contribution in [-0.4, -0.2) is 67.4 Å². The molecule has 2 aromatic carbocycles. The number of ether oxygens (including phenoxy) is 5. The number of phenols is 1. The van der Waals surface area contributed by atoms with Gasteiger partial charge in [0, 0.05) is 22.8 Å². The number of rotatable bonds is 9. The first kappa shape index (κ1) is 25.5. The number of carbonyl (C=O) groups is 1. The maximum atomic E-state index is 13.1. The first-order valence-corrected chi connectivity index (χ1v) is 15.0. The predicted octanol–water partition coefficient (Wildman–Crippen LogP) is 3.50. The molecule has 12 heteroatoms. The Morgan fingerprint density at radius 1 is 1.06 bits per heavy atom. The Balaban J connectivity index is 1.59. The number of benzene rings is 2. The smallest absolute Gasteiger partial charge is 0.310 e. The molecular formula is C24H26O9S3. The van der Waals surface area contributed by atoms with Crippen LogP contribution in [0.4, 0.5) is 0 Å². The maximum absolute atomic E-state index is 13.1. The molecule has 0 radical (unpaired) electrons. The number of aliphatic hydroxyl groups is 2. The molecular weight excluding hydrogens is 528 g/mol. The minimum absolute atomic E-state index is 0.0909. The Hall–Kier alpha value is -2.12. The number of methoxy groups -OCH3 is 2. The minimum Gasteiger partial charge on any atom is -0.502 e. The Bertz CT molecular complexity index is 1120. The molecule has 0 saturated carbocycles. The summed E-state index contributed by atoms with van der Waals surface area (Å²) in [5.74, 6) is 0.776. The average molecular weight is 555 g/mol. The van der Waals surface area contributed by atoms with E-state index < -0.39 is 12.0 Å². The summed E-state index contributed by atoms with van der Waals surface area (Å²) in [7, 11) is 7.49. The van der Waals surface area contributed by atoms with E-state index in [0.29, 0.717) is 17.3 Å². The number of aliphatic hydroxyl groups excluding tert-OH is 2. The number of hydrogen-bond donors (Lipinski definition) is 3. The van der Waals surface area contributed by atoms with E-state index in [9.17, 15) is 15.0 Å². The minimum atomic E-state index is -0.788. The largest absolute Gasteiger partial charge is 0.502 e. The number of cyclic esters (lactones) is 1. The second-order valence-corrected chi connectivity index (χ2v) is 12.9. The SMILES string of the molecule is COc1cc([C@@H]2c3cc4c(cc3[C@@H](SSSCC(O)CO)[C@H]3COC(=O)[C@H]23)OCO4)cc(OC)c1O. The highest BCUT2D eigenvalue weighted by Gasteiger charge is 2.53. The van der Waals surface area contributed by atoms with E-state index >= 15 is 0 Å². The Labute approximate surface area is 219 Å². The first-order chi connectivity index (χ1) is 17.5. The van der Waals surface area contributed by atoms with Crippen LogP contribution in [0.15, 0.2) is 24.3 Å². The summed E-state index contributed by atoms with van der Waals surface area (Å²) in [6.07, 6.45) is -0.788. The first-order valence-electron chi connectivity index (χ1n) is 11.3. The van der Waals surface area contributed by atoms with Crippen molar-refractivity contribution < 1.29 is 43.8 Å². The summed E-state index contributed by atoms with van der Waals surface area (Å²) in [6.45, 7) is 0.116. The van der Waals surface area contributed by atoms with Crippen LogP contribution in [0.3, 0.4) is 0 Å². The second kappa shape index (κ2) is 10.7. The molecule has 1 aliphatic carbocycles. The topological polar surface area (TPSA) is 124 Å². The number of esters is 1. The molecule has 5 rings (SSSR count). The van der Waals surface area contributed by atoms with Gasteiger partial charge < -0.3 is 39.0 Å². The fraction of sp³-hybridized carbons (Fsp3) is 0.458. The third-order valence-electron chi connectivity index (χ3n) is 6.64. The lowest BCUT2D eigenvalue weighted by atomic mass is 9.67. The van der Waals surface area contributed by atoms with E-state index in [-0.39, 0.29) is 60.3 Å². The van der Waals surface area contributed by atoms with E-state index in [1.807, 2.05) is 12.1 Å². The van der Waals surface area contributed by atoms with Crippen molar-refractivity contribution in [3.05, 3.63) is 41.0 Å². The quantitative estimate of drug-likeness (QED) is 0.239. The van der Waals surface area contributed by atoms with Gasteiger partial charge in [-0.05, 0) is 50.8 Å². The highest BCUT2D eigenvalue weighted by atomic mass is 33.5. The van der Waals surface area contributed by atoms with Crippen LogP contribution < -0.4 is 18.9 Å². The normalized spacial score (nSPS) is 24.6. The number of carbonyl (C=O) groups excluding carboxylic acids is 1. The van der Waals surface area contributed by atoms with Gasteiger partial charge in [-0.15, -0.1) is 0 Å². The molecule has 0 aromatic heterocycles. The molecule has 5 atom stereocenters. The fourth-order valence-corrected chi connectivity index (χ4v) is 9.67. The van der Waals surface area contributed by atoms with Gasteiger partial charge in [0.1, 0.15) is 0 Å². The molecule has 2 heterocycles. The molecule has 2 aliphatic heterocycles. The highest BCUT2D eigenvalue weighted by molar-refractivity contribution is 9.09. The molecule has 3 aliphatic rings. The van der Waals surface area contributed by atoms with Gasteiger partial charge in [-0.2, -0.15) is 0 Å². The van der Waals surface area contributed by atoms with Gasteiger partial charge in [0.05, 0.1) is 39.5 Å². The Morgan fingerprint density at radius 2 is 1.72 bits per heavy atom. The maximum Gasteiger partial charge on any atom is 0.310 e. The Morgan fingerprint density at radius 3 is 2.36 bits per heavy atom. The van der Waals surface area contributed by atoms with Crippen molar-refractivity contribution in [2.24, 2.45) is 11.8 Å². The van der Waals surface area contributed by atoms with Gasteiger partial charge >= 0.3 is 5.97 Å². The fourth-order valence-electron chi connectivity index (χ4n) is 4.96. The van der Waals surface area contributed by atoms with E-state index in [0.717, 1.165) is 16.7 Å². The third kappa shape index (κ3) is 4.53. The van der Waals surface area contributed by atoms with Crippen LogP contribution in [0.1, 0.15) is 27.9 Å². The van der Waals surface area contributed by atoms with Crippen LogP contribution in [-0.2, 0) is 9.53 Å². The number of phenolic OH excluding ortho intramolecular Hbond substituents is 1. The van der Waals surface area contributed by atoms with Gasteiger partial charge in [0.25, 0.3) is 0 Å². The summed E-state index contributed by atoms with van der Waals surface area (Å²) < 4.78 is 27.7. The molecule has 194 valence electrons. The van der Waals surface area contributed by atoms with Crippen LogP contribution >= 0.6 is 31.4 Å². The van der Waals surface area contributed by atoms with Gasteiger partial charge in [0.15, 0.2) is 23.0 Å². The van der Waals surface area contributed by atoms with Crippen LogP contribution in [0, 0.1) is 11.8 Å². The lowest BCUT2D eigenvalue weighted by molar-refractivity contribution is -0.141. The zero-order valence-electron chi connectivity index (χ0n) is 19.5. The van der Waals surface area contributed by atoms with Gasteiger partial charge in [-0.25, -0.2) is 0 Å². The lowest BCUT2D eigenvalue weighted by Gasteiger charge is -2.38. The molecule has 9 nitrogen and oxygen atoms in total. The number of hydrogen-bond acceptors (Lipinski definition) is 12. The Kier molecular flexibility index (Phi) is 7.59. The third-order valence-corrected chi connectivity index (χ3v) is 11.3. The highest BCUT2D eigenvalue weighted by Crippen LogP contribution is 2.61. The van der Waals surface area contributed by atoms with E-state index in [2.05, 4.69) is 0 Å². The second-order valence-electron chi connectivity index (χ2n) is 8.61. The molecule has 0 spiro atoms. The van der Waals surface area contributed by atoms with Gasteiger partial charge in [-0.3, -0.25) is 4.79 Å². The molecule has 2 aromatic rings. The van der Waals surface area contributed by atoms with Crippen molar-refractivity contribution in [3.63, 3.8) is 0 Å². The monoisotopic (exact) mass is 554 g/mol. The standard InChI is InChI=1S/C24H26O9S3/c1-29-18-3-11(4-19(30-2)22(18)27)20-13-5-16-17(33-10-32-16)6-14(13)23(15-8-31-24(28)21(15)20)35-36-34-9-12(26)7-25/h3-6,12,15,20-21,23,25-27H,7-10H2,1-2H3/t12?,15-,20+,21-,23+/m0/s1. The summed E-state index contributed by atoms with van der Waals surface area (Å²) in [6, 6.07) is 7.36. The summed E-state index contributed by atoms with van der Waals surface area (Å²) >= 11 is 0. The zero-order chi connectivity index (χ0) is 25.4. The summed E-state index contributed by atoms with van der Waals surface area (Å²) in [5.41, 5.74) is 2.68. The van der Waals surface area contributed by atoms with Gasteiger partial charge in [-0.1, -0.05) is 21.6 Å². The number of aromatic hydroxyl groups is 1. The summed E-state index contributed by atoms with van der Waals surface area (Å²) in [5, 5.41) is 29.2. The van der Waals surface area contributed by atoms with Crippen molar-refractivity contribution in [2.45, 2.75) is 17.3 Å². The molecule has 1 unspecified atom stereocenters. The molecule has 3 N–H and O–H groups in total. The zero-order valence-corrected chi connectivity index (χ0v) is 22.0. The van der Waals surface area contributed by atoms with Crippen LogP contribution in [0.2, 0.25) is 0 Å². The van der Waals surface area contributed by atoms with Crippen molar-refractivity contribution in [2.75, 3.05) is 40.0 Å². The lowest BCUT2D eigenvalue weighted by Crippen LogP contribution is -2.33. The molecule has 0 amide bonds. The van der Waals surface area contributed by atoms with Crippen molar-refractivity contribution in [1.82, 2.24) is 0 Å². The van der Waals surface area contributed by atoms with Crippen molar-refractivity contribution in [1.29, 1.82) is 0 Å². The van der Waals surface area contributed by atoms with Gasteiger partial charge in [0.2, 0.25) is 12.5 Å². The van der Waals surface area contributed by atoms with E-state index in [1.165, 1.54) is 34.8 Å². The van der Waals surface area contributed by atoms with Crippen molar-refractivity contribution >= 4 is 37.4 Å². The van der Waals surface area contributed by atoms with E-state index in [4.69, 9.17) is 28.8 Å². The van der Waals surface area contributed by atoms with E-state index in [1.54, 1.807) is 22.9 Å². The average Bonchev–Trinajstić information content (AvgIpc) is 3.51. The molecule has 0 bridgehead atoms. The summed E-state index contributed by atoms with van der Waals surface area (Å²) in [4.78, 5) is 13.1. The molecule has 1 fully saturated rings. The molecule has 36 heavy (non-hydrogen) atoms. The predicted molar refractivity (Wildman–Crippen MR) is 137 cm³/mol. The van der Waals surface area contributed by atoms with Crippen LogP contribution in [0.5, 0.6) is 28.7 Å². The molecule has 1 saturated heterocycles.